The van der Waals surface area contributed by atoms with Gasteiger partial charge in [0.15, 0.2) is 0 Å². The molecule has 0 bridgehead atoms. The number of nitrogens with one attached hydrogen (secondary N) is 2. The van der Waals surface area contributed by atoms with Crippen molar-refractivity contribution in [2.24, 2.45) is 0 Å². The second kappa shape index (κ2) is 6.61. The molecule has 0 saturated carbocycles. The van der Waals surface area contributed by atoms with Gasteiger partial charge in [-0.2, -0.15) is 0 Å². The monoisotopic (exact) mass is 310 g/mol. The van der Waals surface area contributed by atoms with Crippen molar-refractivity contribution in [2.45, 2.75) is 19.9 Å². The Kier molecular flexibility index (Phi) is 5.72. The lowest BCUT2D eigenvalue weighted by Gasteiger charge is -2.12. The SMILES string of the molecule is CC(C)NCCS(=O)(=O)Nc1c(Cl)cccc1Cl. The average Bonchev–Trinajstić information content (AvgIpc) is 2.23. The molecule has 0 fully saturated rings. The summed E-state index contributed by atoms with van der Waals surface area (Å²) in [7, 11) is -3.46. The fraction of sp³-hybridized carbons (Fsp3) is 0.455. The molecular weight excluding hydrogens is 295 g/mol. The highest BCUT2D eigenvalue weighted by atomic mass is 35.5. The summed E-state index contributed by atoms with van der Waals surface area (Å²) >= 11 is 11.8. The van der Waals surface area contributed by atoms with Gasteiger partial charge in [-0.25, -0.2) is 8.42 Å². The summed E-state index contributed by atoms with van der Waals surface area (Å²) in [6, 6.07) is 5.06. The van der Waals surface area contributed by atoms with Gasteiger partial charge in [-0.1, -0.05) is 43.1 Å². The van der Waals surface area contributed by atoms with Crippen LogP contribution in [-0.4, -0.2) is 26.8 Å². The van der Waals surface area contributed by atoms with Gasteiger partial charge in [-0.3, -0.25) is 4.72 Å². The number of hydrogen-bond donors (Lipinski definition) is 2. The molecule has 1 aromatic carbocycles. The first-order valence-corrected chi connectivity index (χ1v) is 7.90. The molecular formula is C11H16Cl2N2O2S. The maximum absolute atomic E-state index is 11.8. The molecule has 1 rings (SSSR count). The standard InChI is InChI=1S/C11H16Cl2N2O2S/c1-8(2)14-6-7-18(16,17)15-11-9(12)4-3-5-10(11)13/h3-5,8,14-15H,6-7H2,1-2H3. The van der Waals surface area contributed by atoms with Crippen LogP contribution in [0.5, 0.6) is 0 Å². The van der Waals surface area contributed by atoms with E-state index in [1.165, 1.54) is 0 Å². The van der Waals surface area contributed by atoms with Crippen LogP contribution in [0.15, 0.2) is 18.2 Å². The first-order valence-electron chi connectivity index (χ1n) is 5.50. The van der Waals surface area contributed by atoms with Crippen molar-refractivity contribution in [3.05, 3.63) is 28.2 Å². The van der Waals surface area contributed by atoms with Gasteiger partial charge < -0.3 is 5.32 Å². The molecule has 0 saturated heterocycles. The quantitative estimate of drug-likeness (QED) is 0.849. The van der Waals surface area contributed by atoms with E-state index in [9.17, 15) is 8.42 Å². The first-order chi connectivity index (χ1) is 8.32. The molecule has 102 valence electrons. The minimum Gasteiger partial charge on any atom is -0.313 e. The van der Waals surface area contributed by atoms with Gasteiger partial charge in [-0.05, 0) is 12.1 Å². The highest BCUT2D eigenvalue weighted by molar-refractivity contribution is 7.92. The van der Waals surface area contributed by atoms with Crippen LogP contribution >= 0.6 is 23.2 Å². The Hall–Kier alpha value is -0.490. The zero-order valence-electron chi connectivity index (χ0n) is 10.2. The largest absolute Gasteiger partial charge is 0.313 e. The molecule has 0 atom stereocenters. The summed E-state index contributed by atoms with van der Waals surface area (Å²) in [6.07, 6.45) is 0. The summed E-state index contributed by atoms with van der Waals surface area (Å²) in [5.41, 5.74) is 0.227. The minimum absolute atomic E-state index is 0.0350. The van der Waals surface area contributed by atoms with Crippen LogP contribution in [0.1, 0.15) is 13.8 Å². The van der Waals surface area contributed by atoms with E-state index in [4.69, 9.17) is 23.2 Å². The van der Waals surface area contributed by atoms with E-state index in [2.05, 4.69) is 10.0 Å². The summed E-state index contributed by atoms with van der Waals surface area (Å²) in [5, 5.41) is 3.59. The van der Waals surface area contributed by atoms with E-state index in [1.807, 2.05) is 13.8 Å². The molecule has 0 radical (unpaired) electrons. The van der Waals surface area contributed by atoms with E-state index in [0.29, 0.717) is 6.54 Å². The molecule has 0 heterocycles. The Morgan fingerprint density at radius 3 is 2.28 bits per heavy atom. The number of para-hydroxylation sites is 1. The molecule has 0 unspecified atom stereocenters. The highest BCUT2D eigenvalue weighted by Gasteiger charge is 2.14. The van der Waals surface area contributed by atoms with Gasteiger partial charge in [-0.15, -0.1) is 0 Å². The van der Waals surface area contributed by atoms with Crippen LogP contribution in [0.4, 0.5) is 5.69 Å². The smallest absolute Gasteiger partial charge is 0.234 e. The predicted molar refractivity (Wildman–Crippen MR) is 77.0 cm³/mol. The normalized spacial score (nSPS) is 11.8. The van der Waals surface area contributed by atoms with Gasteiger partial charge in [0.2, 0.25) is 10.0 Å². The summed E-state index contributed by atoms with van der Waals surface area (Å²) in [5.74, 6) is -0.0350. The number of hydrogen-bond acceptors (Lipinski definition) is 3. The van der Waals surface area contributed by atoms with Crippen molar-refractivity contribution in [1.29, 1.82) is 0 Å². The second-order valence-electron chi connectivity index (χ2n) is 4.13. The number of anilines is 1. The molecule has 0 aliphatic heterocycles. The van der Waals surface area contributed by atoms with Crippen LogP contribution in [0, 0.1) is 0 Å². The van der Waals surface area contributed by atoms with Crippen molar-refractivity contribution >= 4 is 38.9 Å². The van der Waals surface area contributed by atoms with Gasteiger partial charge in [0.25, 0.3) is 0 Å². The van der Waals surface area contributed by atoms with Crippen LogP contribution in [0.25, 0.3) is 0 Å². The van der Waals surface area contributed by atoms with Gasteiger partial charge >= 0.3 is 0 Å². The lowest BCUT2D eigenvalue weighted by molar-refractivity contribution is 0.582. The zero-order valence-corrected chi connectivity index (χ0v) is 12.5. The highest BCUT2D eigenvalue weighted by Crippen LogP contribution is 2.30. The Labute approximate surface area is 118 Å². The number of sulfonamides is 1. The fourth-order valence-electron chi connectivity index (χ4n) is 1.28. The fourth-order valence-corrected chi connectivity index (χ4v) is 2.91. The average molecular weight is 311 g/mol. The molecule has 0 aromatic heterocycles. The third-order valence-corrected chi connectivity index (χ3v) is 4.03. The van der Waals surface area contributed by atoms with Gasteiger partial charge in [0.05, 0.1) is 21.5 Å². The molecule has 0 spiro atoms. The van der Waals surface area contributed by atoms with E-state index in [-0.39, 0.29) is 27.5 Å². The van der Waals surface area contributed by atoms with E-state index in [0.717, 1.165) is 0 Å². The molecule has 0 aliphatic rings. The Morgan fingerprint density at radius 1 is 1.22 bits per heavy atom. The maximum Gasteiger partial charge on any atom is 0.234 e. The maximum atomic E-state index is 11.8. The minimum atomic E-state index is -3.46. The van der Waals surface area contributed by atoms with E-state index in [1.54, 1.807) is 18.2 Å². The summed E-state index contributed by atoms with van der Waals surface area (Å²) in [6.45, 7) is 4.27. The number of benzene rings is 1. The third kappa shape index (κ3) is 5.02. The zero-order chi connectivity index (χ0) is 13.8. The summed E-state index contributed by atoms with van der Waals surface area (Å²) < 4.78 is 26.0. The first kappa shape index (κ1) is 15.6. The van der Waals surface area contributed by atoms with Crippen molar-refractivity contribution < 1.29 is 8.42 Å². The lowest BCUT2D eigenvalue weighted by atomic mass is 10.3. The van der Waals surface area contributed by atoms with Crippen LogP contribution in [0.2, 0.25) is 10.0 Å². The Bertz CT molecular complexity index is 484. The van der Waals surface area contributed by atoms with Gasteiger partial charge in [0, 0.05) is 12.6 Å². The molecule has 1 aromatic rings. The van der Waals surface area contributed by atoms with Crippen LogP contribution in [0.3, 0.4) is 0 Å². The van der Waals surface area contributed by atoms with Crippen LogP contribution < -0.4 is 10.0 Å². The molecule has 7 heteroatoms. The molecule has 18 heavy (non-hydrogen) atoms. The van der Waals surface area contributed by atoms with Crippen molar-refractivity contribution in [2.75, 3.05) is 17.0 Å². The van der Waals surface area contributed by atoms with Crippen LogP contribution in [-0.2, 0) is 10.0 Å². The van der Waals surface area contributed by atoms with Crippen molar-refractivity contribution in [1.82, 2.24) is 5.32 Å². The molecule has 0 aliphatic carbocycles. The predicted octanol–water partition coefficient (Wildman–Crippen LogP) is 2.73. The second-order valence-corrected chi connectivity index (χ2v) is 6.78. The molecule has 4 nitrogen and oxygen atoms in total. The summed E-state index contributed by atoms with van der Waals surface area (Å²) in [4.78, 5) is 0. The van der Waals surface area contributed by atoms with E-state index >= 15 is 0 Å². The van der Waals surface area contributed by atoms with Crippen molar-refractivity contribution in [3.8, 4) is 0 Å². The topological polar surface area (TPSA) is 58.2 Å². The number of halogens is 2. The molecule has 2 N–H and O–H groups in total. The Balaban J connectivity index is 2.71. The Morgan fingerprint density at radius 2 is 1.78 bits per heavy atom. The van der Waals surface area contributed by atoms with Crippen molar-refractivity contribution in [3.63, 3.8) is 0 Å². The van der Waals surface area contributed by atoms with E-state index < -0.39 is 10.0 Å². The number of rotatable bonds is 6. The molecule has 0 amide bonds. The van der Waals surface area contributed by atoms with Gasteiger partial charge in [0.1, 0.15) is 0 Å². The third-order valence-electron chi connectivity index (χ3n) is 2.14. The lowest BCUT2D eigenvalue weighted by Crippen LogP contribution is -2.31.